The molecule has 0 spiro atoms. The second-order valence-corrected chi connectivity index (χ2v) is 8.59. The molecule has 1 aliphatic rings. The molecule has 186 valence electrons. The maximum atomic E-state index is 13.3. The van der Waals surface area contributed by atoms with Gasteiger partial charge in [-0.25, -0.2) is 19.7 Å². The summed E-state index contributed by atoms with van der Waals surface area (Å²) >= 11 is 0. The molecule has 0 saturated heterocycles. The van der Waals surface area contributed by atoms with E-state index in [2.05, 4.69) is 30.6 Å². The Labute approximate surface area is 204 Å². The third-order valence-electron chi connectivity index (χ3n) is 6.22. The van der Waals surface area contributed by atoms with Crippen LogP contribution in [0.25, 0.3) is 22.2 Å². The summed E-state index contributed by atoms with van der Waals surface area (Å²) in [5, 5.41) is 6.49. The number of rotatable bonds is 3. The molecule has 1 aromatic carbocycles. The number of nitrogens with zero attached hydrogens (tertiary/aromatic N) is 6. The SMILES string of the molecule is CNc1ncc2cc(-c3cc(NC(=O)N4CCn5cnc(C(F)(F)F)c5C4)ccc3C)c(C)nc2n1. The first kappa shape index (κ1) is 23.5. The van der Waals surface area contributed by atoms with E-state index in [1.165, 1.54) is 15.8 Å². The zero-order valence-electron chi connectivity index (χ0n) is 19.8. The molecule has 5 rings (SSSR count). The van der Waals surface area contributed by atoms with Crippen LogP contribution in [0.2, 0.25) is 0 Å². The summed E-state index contributed by atoms with van der Waals surface area (Å²) in [4.78, 5) is 31.1. The Morgan fingerprint density at radius 3 is 2.61 bits per heavy atom. The van der Waals surface area contributed by atoms with Crippen molar-refractivity contribution in [1.29, 1.82) is 0 Å². The van der Waals surface area contributed by atoms with Crippen molar-refractivity contribution in [1.82, 2.24) is 29.4 Å². The Hall–Kier alpha value is -4.22. The second-order valence-electron chi connectivity index (χ2n) is 8.59. The van der Waals surface area contributed by atoms with Gasteiger partial charge >= 0.3 is 12.2 Å². The molecule has 2 N–H and O–H groups in total. The highest BCUT2D eigenvalue weighted by Gasteiger charge is 2.39. The number of amides is 2. The molecule has 0 atom stereocenters. The fourth-order valence-electron chi connectivity index (χ4n) is 4.30. The van der Waals surface area contributed by atoms with Crippen molar-refractivity contribution < 1.29 is 18.0 Å². The second kappa shape index (κ2) is 8.77. The van der Waals surface area contributed by atoms with Crippen molar-refractivity contribution in [2.45, 2.75) is 33.1 Å². The van der Waals surface area contributed by atoms with E-state index < -0.39 is 17.9 Å². The van der Waals surface area contributed by atoms with Gasteiger partial charge in [0.25, 0.3) is 0 Å². The lowest BCUT2D eigenvalue weighted by Gasteiger charge is -2.29. The van der Waals surface area contributed by atoms with Crippen molar-refractivity contribution >= 4 is 28.7 Å². The average molecular weight is 496 g/mol. The first-order valence-corrected chi connectivity index (χ1v) is 11.2. The van der Waals surface area contributed by atoms with Crippen molar-refractivity contribution in [2.24, 2.45) is 0 Å². The number of alkyl halides is 3. The number of aromatic nitrogens is 5. The Morgan fingerprint density at radius 1 is 1.06 bits per heavy atom. The number of carbonyl (C=O) groups excluding carboxylic acids is 1. The third kappa shape index (κ3) is 4.30. The number of imidazole rings is 1. The fourth-order valence-corrected chi connectivity index (χ4v) is 4.30. The van der Waals surface area contributed by atoms with Crippen molar-refractivity contribution in [3.63, 3.8) is 0 Å². The molecule has 4 aromatic rings. The van der Waals surface area contributed by atoms with Gasteiger partial charge in [-0.15, -0.1) is 0 Å². The van der Waals surface area contributed by atoms with Crippen LogP contribution in [0.5, 0.6) is 0 Å². The number of anilines is 2. The maximum absolute atomic E-state index is 13.3. The van der Waals surface area contributed by atoms with Crippen LogP contribution in [0.1, 0.15) is 22.6 Å². The van der Waals surface area contributed by atoms with Crippen molar-refractivity contribution in [3.05, 3.63) is 59.4 Å². The number of benzene rings is 1. The minimum absolute atomic E-state index is 0.0185. The lowest BCUT2D eigenvalue weighted by molar-refractivity contribution is -0.142. The van der Waals surface area contributed by atoms with Crippen LogP contribution in [0, 0.1) is 13.8 Å². The largest absolute Gasteiger partial charge is 0.435 e. The number of nitrogens with one attached hydrogen (secondary N) is 2. The molecular formula is C24H23F3N8O. The van der Waals surface area contributed by atoms with Gasteiger partial charge in [-0.05, 0) is 43.2 Å². The van der Waals surface area contributed by atoms with Gasteiger partial charge in [0.1, 0.15) is 0 Å². The Morgan fingerprint density at radius 2 is 1.86 bits per heavy atom. The number of aryl methyl sites for hydroxylation is 2. The van der Waals surface area contributed by atoms with Gasteiger partial charge in [-0.2, -0.15) is 18.2 Å². The van der Waals surface area contributed by atoms with Crippen LogP contribution in [-0.4, -0.2) is 49.0 Å². The maximum Gasteiger partial charge on any atom is 0.435 e. The molecule has 1 aliphatic heterocycles. The minimum Gasteiger partial charge on any atom is -0.357 e. The smallest absolute Gasteiger partial charge is 0.357 e. The molecule has 36 heavy (non-hydrogen) atoms. The molecule has 2 amide bonds. The van der Waals surface area contributed by atoms with Crippen LogP contribution >= 0.6 is 0 Å². The molecule has 12 heteroatoms. The predicted octanol–water partition coefficient (Wildman–Crippen LogP) is 4.61. The van der Waals surface area contributed by atoms with Gasteiger partial charge in [-0.1, -0.05) is 6.07 Å². The quantitative estimate of drug-likeness (QED) is 0.430. The molecule has 4 heterocycles. The lowest BCUT2D eigenvalue weighted by atomic mass is 9.98. The standard InChI is InChI=1S/C24H23F3N8O/c1-13-4-5-16(9-17(13)18-8-15-10-29-22(28-3)33-21(15)31-14(18)2)32-23(36)34-6-7-35-12-30-20(19(35)11-34)24(25,26)27/h4-5,8-10,12H,6-7,11H2,1-3H3,(H,32,36)(H,28,29,31,33). The van der Waals surface area contributed by atoms with Gasteiger partial charge < -0.3 is 20.1 Å². The molecule has 3 aromatic heterocycles. The van der Waals surface area contributed by atoms with Crippen LogP contribution < -0.4 is 10.6 Å². The predicted molar refractivity (Wildman–Crippen MR) is 128 cm³/mol. The first-order chi connectivity index (χ1) is 17.1. The highest BCUT2D eigenvalue weighted by atomic mass is 19.4. The van der Waals surface area contributed by atoms with Gasteiger partial charge in [0.05, 0.1) is 18.6 Å². The van der Waals surface area contributed by atoms with Gasteiger partial charge in [0.15, 0.2) is 11.3 Å². The fraction of sp³-hybridized carbons (Fsp3) is 0.292. The van der Waals surface area contributed by atoms with Crippen molar-refractivity contribution in [3.8, 4) is 11.1 Å². The molecule has 0 saturated carbocycles. The van der Waals surface area contributed by atoms with E-state index in [4.69, 9.17) is 0 Å². The van der Waals surface area contributed by atoms with Crippen LogP contribution in [-0.2, 0) is 19.3 Å². The summed E-state index contributed by atoms with van der Waals surface area (Å²) < 4.78 is 41.3. The monoisotopic (exact) mass is 496 g/mol. The van der Waals surface area contributed by atoms with Crippen LogP contribution in [0.4, 0.5) is 29.6 Å². The number of fused-ring (bicyclic) bond motifs is 2. The van der Waals surface area contributed by atoms with E-state index in [9.17, 15) is 18.0 Å². The molecule has 0 radical (unpaired) electrons. The zero-order chi connectivity index (χ0) is 25.6. The van der Waals surface area contributed by atoms with Crippen LogP contribution in [0.3, 0.4) is 0 Å². The topological polar surface area (TPSA) is 101 Å². The molecular weight excluding hydrogens is 473 g/mol. The number of halogens is 3. The number of carbonyl (C=O) groups is 1. The minimum atomic E-state index is -4.57. The summed E-state index contributed by atoms with van der Waals surface area (Å²) in [5.74, 6) is 0.478. The normalized spacial score (nSPS) is 13.6. The average Bonchev–Trinajstić information content (AvgIpc) is 3.28. The van der Waals surface area contributed by atoms with Gasteiger partial charge in [-0.3, -0.25) is 0 Å². The Kier molecular flexibility index (Phi) is 5.73. The van der Waals surface area contributed by atoms with E-state index in [0.717, 1.165) is 27.8 Å². The van der Waals surface area contributed by atoms with E-state index in [0.29, 0.717) is 17.3 Å². The molecule has 0 fully saturated rings. The highest BCUT2D eigenvalue weighted by Crippen LogP contribution is 2.33. The Balaban J connectivity index is 1.40. The molecule has 0 bridgehead atoms. The Bertz CT molecular complexity index is 1480. The summed E-state index contributed by atoms with van der Waals surface area (Å²) in [6, 6.07) is 6.95. The molecule has 0 aliphatic carbocycles. The summed E-state index contributed by atoms with van der Waals surface area (Å²) in [7, 11) is 1.74. The summed E-state index contributed by atoms with van der Waals surface area (Å²) in [6.45, 7) is 4.17. The zero-order valence-corrected chi connectivity index (χ0v) is 19.8. The number of hydrogen-bond acceptors (Lipinski definition) is 6. The lowest BCUT2D eigenvalue weighted by Crippen LogP contribution is -2.41. The van der Waals surface area contributed by atoms with E-state index in [1.807, 2.05) is 32.0 Å². The molecule has 0 unspecified atom stereocenters. The van der Waals surface area contributed by atoms with E-state index >= 15 is 0 Å². The van der Waals surface area contributed by atoms with E-state index in [-0.39, 0.29) is 25.3 Å². The summed E-state index contributed by atoms with van der Waals surface area (Å²) in [6.07, 6.45) is -1.71. The van der Waals surface area contributed by atoms with Gasteiger partial charge in [0, 0.05) is 48.7 Å². The van der Waals surface area contributed by atoms with Crippen molar-refractivity contribution in [2.75, 3.05) is 24.2 Å². The number of pyridine rings is 1. The highest BCUT2D eigenvalue weighted by molar-refractivity contribution is 5.91. The first-order valence-electron chi connectivity index (χ1n) is 11.2. The molecule has 9 nitrogen and oxygen atoms in total. The number of hydrogen-bond donors (Lipinski definition) is 2. The third-order valence-corrected chi connectivity index (χ3v) is 6.22. The number of urea groups is 1. The van der Waals surface area contributed by atoms with E-state index in [1.54, 1.807) is 19.3 Å². The van der Waals surface area contributed by atoms with Crippen LogP contribution in [0.15, 0.2) is 36.8 Å². The summed E-state index contributed by atoms with van der Waals surface area (Å²) in [5.41, 5.74) is 3.59. The van der Waals surface area contributed by atoms with Gasteiger partial charge in [0.2, 0.25) is 5.95 Å².